The lowest BCUT2D eigenvalue weighted by Gasteiger charge is -2.38. The standard InChI is InChI=1S/C28H36N6O3/c1-3-37-25(35)15-14-24-26(30-19-31-28(24,2)29)34-16-8-10-21(18-34)20-9-7-13-23(17-20)33-27(36)32-22-11-5-4-6-12-22/h5,7,9,11-15,17,19,21H,3-4,6,8,10,16,18,29H2,1-2H3,(H,30,31)(H2,32,33,36)/p+1. The predicted molar refractivity (Wildman–Crippen MR) is 144 cm³/mol. The highest BCUT2D eigenvalue weighted by molar-refractivity contribution is 5.90. The molecule has 2 heterocycles. The zero-order chi connectivity index (χ0) is 26.3. The molecule has 2 atom stereocenters. The molecule has 2 aliphatic heterocycles. The van der Waals surface area contributed by atoms with Crippen LogP contribution in [0.5, 0.6) is 0 Å². The van der Waals surface area contributed by atoms with Crippen molar-refractivity contribution < 1.29 is 19.6 Å². The van der Waals surface area contributed by atoms with Gasteiger partial charge >= 0.3 is 12.0 Å². The van der Waals surface area contributed by atoms with E-state index in [1.165, 1.54) is 6.08 Å². The first-order valence-electron chi connectivity index (χ1n) is 12.9. The number of carbonyl (C=O) groups excluding carboxylic acids is 2. The van der Waals surface area contributed by atoms with Gasteiger partial charge in [-0.3, -0.25) is 11.1 Å². The van der Waals surface area contributed by atoms with Crippen LogP contribution in [0.15, 0.2) is 76.7 Å². The van der Waals surface area contributed by atoms with Gasteiger partial charge in [-0.05, 0) is 62.5 Å². The summed E-state index contributed by atoms with van der Waals surface area (Å²) in [6.07, 6.45) is 14.8. The van der Waals surface area contributed by atoms with Gasteiger partial charge in [0, 0.05) is 43.4 Å². The second-order valence-electron chi connectivity index (χ2n) is 9.68. The van der Waals surface area contributed by atoms with Gasteiger partial charge in [0.15, 0.2) is 12.0 Å². The SMILES string of the molecule is CCOC(=O)C=CC1=C(N2CCCC(c3cccc(NC(=O)NC4=CCCC=C4)c3)C2)N=C[NH2+]C1(C)N. The third-order valence-corrected chi connectivity index (χ3v) is 6.70. The van der Waals surface area contributed by atoms with Crippen LogP contribution in [0.1, 0.15) is 51.0 Å². The number of carbonyl (C=O) groups is 2. The van der Waals surface area contributed by atoms with Crippen molar-refractivity contribution in [1.29, 1.82) is 0 Å². The first kappa shape index (κ1) is 26.4. The Bertz CT molecular complexity index is 1160. The molecule has 1 aliphatic carbocycles. The third-order valence-electron chi connectivity index (χ3n) is 6.70. The topological polar surface area (TPSA) is 126 Å². The Balaban J connectivity index is 1.49. The Morgan fingerprint density at radius 3 is 2.97 bits per heavy atom. The summed E-state index contributed by atoms with van der Waals surface area (Å²) in [5.74, 6) is 0.635. The number of nitrogens with two attached hydrogens (primary N) is 2. The molecule has 6 N–H and O–H groups in total. The average molecular weight is 506 g/mol. The number of ether oxygens (including phenoxy) is 1. The fraction of sp³-hybridized carbons (Fsp3) is 0.393. The van der Waals surface area contributed by atoms with Crippen LogP contribution in [0.4, 0.5) is 10.5 Å². The van der Waals surface area contributed by atoms with Crippen molar-refractivity contribution in [3.63, 3.8) is 0 Å². The van der Waals surface area contributed by atoms with Crippen LogP contribution in [-0.2, 0) is 9.53 Å². The normalized spacial score (nSPS) is 23.7. The molecule has 4 rings (SSSR count). The zero-order valence-corrected chi connectivity index (χ0v) is 21.6. The summed E-state index contributed by atoms with van der Waals surface area (Å²) in [6, 6.07) is 7.76. The van der Waals surface area contributed by atoms with Crippen LogP contribution in [0.2, 0.25) is 0 Å². The van der Waals surface area contributed by atoms with Gasteiger partial charge in [-0.1, -0.05) is 24.3 Å². The Hall–Kier alpha value is -3.69. The first-order chi connectivity index (χ1) is 17.9. The van der Waals surface area contributed by atoms with Crippen molar-refractivity contribution in [1.82, 2.24) is 10.2 Å². The Morgan fingerprint density at radius 1 is 1.32 bits per heavy atom. The summed E-state index contributed by atoms with van der Waals surface area (Å²) in [5.41, 5.74) is 9.32. The molecule has 1 saturated heterocycles. The van der Waals surface area contributed by atoms with E-state index in [0.717, 1.165) is 67.1 Å². The van der Waals surface area contributed by atoms with Crippen molar-refractivity contribution >= 4 is 24.0 Å². The number of aliphatic imine (C=N–C) groups is 1. The highest BCUT2D eigenvalue weighted by atomic mass is 16.5. The van der Waals surface area contributed by atoms with Crippen molar-refractivity contribution in [2.75, 3.05) is 25.0 Å². The summed E-state index contributed by atoms with van der Waals surface area (Å²) < 4.78 is 5.05. The van der Waals surface area contributed by atoms with Crippen LogP contribution in [-0.4, -0.2) is 48.6 Å². The van der Waals surface area contributed by atoms with Crippen molar-refractivity contribution in [3.8, 4) is 0 Å². The largest absolute Gasteiger partial charge is 0.463 e. The molecule has 0 aromatic heterocycles. The summed E-state index contributed by atoms with van der Waals surface area (Å²) in [6.45, 7) is 5.60. The molecule has 2 unspecified atom stereocenters. The number of esters is 1. The van der Waals surface area contributed by atoms with E-state index < -0.39 is 11.6 Å². The van der Waals surface area contributed by atoms with E-state index >= 15 is 0 Å². The molecule has 3 aliphatic rings. The number of hydrogen-bond acceptors (Lipinski definition) is 6. The van der Waals surface area contributed by atoms with Gasteiger partial charge < -0.3 is 20.3 Å². The highest BCUT2D eigenvalue weighted by Crippen LogP contribution is 2.32. The minimum absolute atomic E-state index is 0.251. The van der Waals surface area contributed by atoms with Crippen LogP contribution >= 0.6 is 0 Å². The fourth-order valence-electron chi connectivity index (χ4n) is 4.82. The molecule has 37 heavy (non-hydrogen) atoms. The molecular weight excluding hydrogens is 468 g/mol. The Labute approximate surface area is 218 Å². The number of hydrogen-bond donors (Lipinski definition) is 4. The van der Waals surface area contributed by atoms with Gasteiger partial charge in [-0.2, -0.15) is 4.99 Å². The number of rotatable bonds is 7. The monoisotopic (exact) mass is 505 g/mol. The minimum Gasteiger partial charge on any atom is -0.463 e. The number of nitrogens with one attached hydrogen (secondary N) is 2. The maximum atomic E-state index is 12.5. The number of allylic oxidation sites excluding steroid dienone is 3. The number of nitrogens with zero attached hydrogens (tertiary/aromatic N) is 2. The number of benzene rings is 1. The van der Waals surface area contributed by atoms with Crippen molar-refractivity contribution in [2.24, 2.45) is 10.7 Å². The van der Waals surface area contributed by atoms with Gasteiger partial charge in [-0.25, -0.2) is 9.59 Å². The summed E-state index contributed by atoms with van der Waals surface area (Å²) in [7, 11) is 0. The smallest absolute Gasteiger partial charge is 0.330 e. The second kappa shape index (κ2) is 12.0. The van der Waals surface area contributed by atoms with Gasteiger partial charge in [0.1, 0.15) is 5.82 Å². The minimum atomic E-state index is -0.757. The molecule has 0 spiro atoms. The maximum absolute atomic E-state index is 12.5. The van der Waals surface area contributed by atoms with Crippen LogP contribution in [0.3, 0.4) is 0 Å². The molecule has 1 aromatic rings. The Morgan fingerprint density at radius 2 is 2.19 bits per heavy atom. The molecule has 1 fully saturated rings. The Kier molecular flexibility index (Phi) is 8.58. The van der Waals surface area contributed by atoms with Gasteiger partial charge in [0.05, 0.1) is 12.2 Å². The number of anilines is 1. The summed E-state index contributed by atoms with van der Waals surface area (Å²) in [4.78, 5) is 31.4. The molecule has 0 saturated carbocycles. The molecule has 9 nitrogen and oxygen atoms in total. The van der Waals surface area contributed by atoms with Gasteiger partial charge in [0.25, 0.3) is 0 Å². The van der Waals surface area contributed by atoms with Crippen molar-refractivity contribution in [3.05, 3.63) is 77.3 Å². The summed E-state index contributed by atoms with van der Waals surface area (Å²) >= 11 is 0. The molecular formula is C28H37N6O3+. The lowest BCUT2D eigenvalue weighted by molar-refractivity contribution is -0.603. The van der Waals surface area contributed by atoms with Gasteiger partial charge in [0.2, 0.25) is 0 Å². The molecule has 0 radical (unpaired) electrons. The quantitative estimate of drug-likeness (QED) is 0.335. The van der Waals surface area contributed by atoms with Crippen LogP contribution < -0.4 is 21.7 Å². The maximum Gasteiger partial charge on any atom is 0.330 e. The van der Waals surface area contributed by atoms with Gasteiger partial charge in [-0.15, -0.1) is 0 Å². The molecule has 2 amide bonds. The lowest BCUT2D eigenvalue weighted by Crippen LogP contribution is -2.99. The predicted octanol–water partition coefficient (Wildman–Crippen LogP) is 2.83. The van der Waals surface area contributed by atoms with Crippen LogP contribution in [0.25, 0.3) is 0 Å². The van der Waals surface area contributed by atoms with Crippen molar-refractivity contribution in [2.45, 2.75) is 51.1 Å². The van der Waals surface area contributed by atoms with Crippen LogP contribution in [0, 0.1) is 0 Å². The fourth-order valence-corrected chi connectivity index (χ4v) is 4.82. The zero-order valence-electron chi connectivity index (χ0n) is 21.6. The molecule has 1 aromatic carbocycles. The number of amides is 2. The number of urea groups is 1. The summed E-state index contributed by atoms with van der Waals surface area (Å²) in [5, 5.41) is 7.69. The van der Waals surface area contributed by atoms with E-state index in [1.807, 2.05) is 42.6 Å². The van der Waals surface area contributed by atoms with E-state index in [-0.39, 0.29) is 11.9 Å². The van der Waals surface area contributed by atoms with E-state index in [9.17, 15) is 9.59 Å². The number of piperidine rings is 1. The van der Waals surface area contributed by atoms with E-state index in [0.29, 0.717) is 6.61 Å². The first-order valence-corrected chi connectivity index (χ1v) is 12.9. The lowest BCUT2D eigenvalue weighted by atomic mass is 9.89. The molecule has 0 bridgehead atoms. The molecule has 9 heteroatoms. The number of likely N-dealkylation sites (tertiary alicyclic amines) is 1. The second-order valence-corrected chi connectivity index (χ2v) is 9.68. The van der Waals surface area contributed by atoms with E-state index in [4.69, 9.17) is 10.5 Å². The van der Waals surface area contributed by atoms with E-state index in [2.05, 4.69) is 32.7 Å². The van der Waals surface area contributed by atoms with E-state index in [1.54, 1.807) is 19.3 Å². The third kappa shape index (κ3) is 6.96. The average Bonchev–Trinajstić information content (AvgIpc) is 2.88. The molecule has 196 valence electrons. The highest BCUT2D eigenvalue weighted by Gasteiger charge is 2.35. The number of quaternary nitrogens is 1.